The van der Waals surface area contributed by atoms with Gasteiger partial charge in [0, 0.05) is 12.8 Å². The summed E-state index contributed by atoms with van der Waals surface area (Å²) in [6.45, 7) is 3.35. The maximum absolute atomic E-state index is 13.2. The lowest BCUT2D eigenvalue weighted by Gasteiger charge is -2.23. The zero-order valence-corrected chi connectivity index (χ0v) is 17.0. The Morgan fingerprint density at radius 2 is 1.93 bits per heavy atom. The van der Waals surface area contributed by atoms with Crippen LogP contribution < -0.4 is 5.32 Å². The summed E-state index contributed by atoms with van der Waals surface area (Å²) in [7, 11) is 0. The van der Waals surface area contributed by atoms with Gasteiger partial charge in [-0.1, -0.05) is 12.1 Å². The van der Waals surface area contributed by atoms with Gasteiger partial charge in [-0.05, 0) is 50.8 Å². The minimum absolute atomic E-state index is 0.0190. The molecule has 1 aliphatic carbocycles. The van der Waals surface area contributed by atoms with Gasteiger partial charge in [0.2, 0.25) is 11.7 Å². The molecule has 8 nitrogen and oxygen atoms in total. The molecule has 1 saturated carbocycles. The lowest BCUT2D eigenvalue weighted by molar-refractivity contribution is -0.153. The summed E-state index contributed by atoms with van der Waals surface area (Å²) in [5.74, 6) is -2.05. The fourth-order valence-corrected chi connectivity index (χ4v) is 2.72. The number of nitrogens with one attached hydrogen (secondary N) is 1. The smallest absolute Gasteiger partial charge is 0.328 e. The molecule has 0 aromatic heterocycles. The summed E-state index contributed by atoms with van der Waals surface area (Å²) in [6.07, 6.45) is 1.22. The lowest BCUT2D eigenvalue weighted by Crippen LogP contribution is -2.48. The van der Waals surface area contributed by atoms with E-state index in [9.17, 15) is 18.8 Å². The van der Waals surface area contributed by atoms with Crippen LogP contribution in [0.15, 0.2) is 24.3 Å². The summed E-state index contributed by atoms with van der Waals surface area (Å²) in [5.41, 5.74) is 9.16. The number of Topliss-reactive ketones (excluding diaryl/α,β-unsaturated/α-hetero) is 1. The van der Waals surface area contributed by atoms with Gasteiger partial charge in [-0.25, -0.2) is 9.18 Å². The van der Waals surface area contributed by atoms with Gasteiger partial charge in [0.25, 0.3) is 0 Å². The molecule has 1 aliphatic rings. The largest absolute Gasteiger partial charge is 0.461 e. The first-order chi connectivity index (χ1) is 14.3. The van der Waals surface area contributed by atoms with Crippen molar-refractivity contribution in [2.24, 2.45) is 0 Å². The first kappa shape index (κ1) is 23.4. The monoisotopic (exact) mass is 419 g/mol. The molecule has 0 heterocycles. The highest BCUT2D eigenvalue weighted by Gasteiger charge is 2.33. The molecular formula is C21H26FN3O5. The van der Waals surface area contributed by atoms with Gasteiger partial charge in [-0.15, -0.1) is 0 Å². The number of carbonyl (C=O) groups excluding carboxylic acids is 3. The molecule has 0 aliphatic heterocycles. The van der Waals surface area contributed by atoms with Crippen LogP contribution in [0.2, 0.25) is 0 Å². The van der Waals surface area contributed by atoms with Crippen LogP contribution in [0.5, 0.6) is 0 Å². The molecule has 2 atom stereocenters. The van der Waals surface area contributed by atoms with Crippen molar-refractivity contribution in [1.82, 2.24) is 5.32 Å². The average molecular weight is 419 g/mol. The number of hydrogen-bond donors (Lipinski definition) is 1. The molecule has 1 N–H and O–H groups in total. The van der Waals surface area contributed by atoms with Crippen molar-refractivity contribution < 1.29 is 33.0 Å². The van der Waals surface area contributed by atoms with E-state index in [4.69, 9.17) is 15.0 Å². The molecule has 0 radical (unpaired) electrons. The molecule has 2 rings (SSSR count). The van der Waals surface area contributed by atoms with Crippen molar-refractivity contribution >= 4 is 23.9 Å². The second kappa shape index (κ2) is 11.3. The molecule has 0 saturated heterocycles. The standard InChI is InChI=1S/C21H26FN3O5/c1-13(2)29-21(28)18(10-7-16(26)12-24-23)25-20(27)19(30-17-8-9-17)11-14-3-5-15(22)6-4-14/h3-6,12-13,17-19H,7-11H2,1-2H3,(H,25,27)/t18-,19-/m0/s1. The van der Waals surface area contributed by atoms with E-state index in [0.717, 1.165) is 19.1 Å². The highest BCUT2D eigenvalue weighted by atomic mass is 19.1. The van der Waals surface area contributed by atoms with Crippen molar-refractivity contribution in [3.63, 3.8) is 0 Å². The van der Waals surface area contributed by atoms with Gasteiger partial charge in [0.15, 0.2) is 0 Å². The Kier molecular flexibility index (Phi) is 8.83. The van der Waals surface area contributed by atoms with Gasteiger partial charge >= 0.3 is 12.2 Å². The maximum Gasteiger partial charge on any atom is 0.328 e. The van der Waals surface area contributed by atoms with E-state index in [2.05, 4.69) is 10.1 Å². The third-order valence-electron chi connectivity index (χ3n) is 4.34. The van der Waals surface area contributed by atoms with E-state index in [1.54, 1.807) is 26.0 Å². The third kappa shape index (κ3) is 8.23. The number of benzene rings is 1. The average Bonchev–Trinajstić information content (AvgIpc) is 3.50. The molecule has 0 spiro atoms. The number of rotatable bonds is 12. The Labute approximate surface area is 174 Å². The fraction of sp³-hybridized carbons (Fsp3) is 0.524. The van der Waals surface area contributed by atoms with Gasteiger partial charge in [-0.3, -0.25) is 9.59 Å². The highest BCUT2D eigenvalue weighted by Crippen LogP contribution is 2.26. The molecule has 162 valence electrons. The third-order valence-corrected chi connectivity index (χ3v) is 4.34. The number of esters is 1. The van der Waals surface area contributed by atoms with Crippen LogP contribution in [0.3, 0.4) is 0 Å². The SMILES string of the molecule is CC(C)OC(=O)[C@H](CCC(=O)C=[N+]=[N-])NC(=O)[C@H](Cc1ccc(F)cc1)OC1CC1. The van der Waals surface area contributed by atoms with Crippen molar-refractivity contribution in [3.05, 3.63) is 41.2 Å². The van der Waals surface area contributed by atoms with Crippen LogP contribution in [0.1, 0.15) is 45.1 Å². The zero-order valence-electron chi connectivity index (χ0n) is 17.0. The van der Waals surface area contributed by atoms with Gasteiger partial charge < -0.3 is 20.3 Å². The summed E-state index contributed by atoms with van der Waals surface area (Å²) in [5, 5.41) is 2.61. The van der Waals surface area contributed by atoms with Crippen molar-refractivity contribution in [2.75, 3.05) is 0 Å². The van der Waals surface area contributed by atoms with Gasteiger partial charge in [0.05, 0.1) is 12.2 Å². The predicted molar refractivity (Wildman–Crippen MR) is 105 cm³/mol. The Morgan fingerprint density at radius 1 is 1.27 bits per heavy atom. The zero-order chi connectivity index (χ0) is 22.1. The Bertz CT molecular complexity index is 801. The van der Waals surface area contributed by atoms with Crippen LogP contribution in [-0.4, -0.2) is 53.0 Å². The number of carbonyl (C=O) groups is 3. The maximum atomic E-state index is 13.2. The minimum Gasteiger partial charge on any atom is -0.461 e. The van der Waals surface area contributed by atoms with Crippen molar-refractivity contribution in [3.8, 4) is 0 Å². The van der Waals surface area contributed by atoms with E-state index >= 15 is 0 Å². The number of ether oxygens (including phenoxy) is 2. The van der Waals surface area contributed by atoms with Gasteiger partial charge in [-0.2, -0.15) is 4.79 Å². The number of ketones is 1. The van der Waals surface area contributed by atoms with Gasteiger partial charge in [0.1, 0.15) is 18.0 Å². The van der Waals surface area contributed by atoms with E-state index in [0.29, 0.717) is 5.56 Å². The second-order valence-corrected chi connectivity index (χ2v) is 7.45. The predicted octanol–water partition coefficient (Wildman–Crippen LogP) is 2.00. The highest BCUT2D eigenvalue weighted by molar-refractivity contribution is 6.25. The first-order valence-electron chi connectivity index (χ1n) is 9.89. The Hall–Kier alpha value is -2.90. The molecule has 1 fully saturated rings. The number of amides is 1. The summed E-state index contributed by atoms with van der Waals surface area (Å²) < 4.78 is 24.1. The fourth-order valence-electron chi connectivity index (χ4n) is 2.72. The number of hydrogen-bond acceptors (Lipinski definition) is 5. The minimum atomic E-state index is -1.06. The quantitative estimate of drug-likeness (QED) is 0.241. The van der Waals surface area contributed by atoms with E-state index in [1.165, 1.54) is 12.1 Å². The summed E-state index contributed by atoms with van der Waals surface area (Å²) in [6, 6.07) is 4.69. The Balaban J connectivity index is 2.08. The molecule has 1 aromatic rings. The van der Waals surface area contributed by atoms with Crippen LogP contribution in [-0.2, 0) is 30.3 Å². The second-order valence-electron chi connectivity index (χ2n) is 7.45. The summed E-state index contributed by atoms with van der Waals surface area (Å²) >= 11 is 0. The van der Waals surface area contributed by atoms with Crippen LogP contribution in [0.25, 0.3) is 5.53 Å². The lowest BCUT2D eigenvalue weighted by atomic mass is 10.1. The molecule has 1 amide bonds. The van der Waals surface area contributed by atoms with E-state index < -0.39 is 35.9 Å². The van der Waals surface area contributed by atoms with Crippen LogP contribution in [0.4, 0.5) is 4.39 Å². The molecule has 0 bridgehead atoms. The van der Waals surface area contributed by atoms with Crippen molar-refractivity contribution in [1.29, 1.82) is 0 Å². The Morgan fingerprint density at radius 3 is 2.50 bits per heavy atom. The van der Waals surface area contributed by atoms with Crippen molar-refractivity contribution in [2.45, 2.75) is 70.3 Å². The van der Waals surface area contributed by atoms with Crippen LogP contribution in [0, 0.1) is 5.82 Å². The number of nitrogens with zero attached hydrogens (tertiary/aromatic N) is 2. The normalized spacial score (nSPS) is 15.1. The number of halogens is 1. The first-order valence-corrected chi connectivity index (χ1v) is 9.89. The van der Waals surface area contributed by atoms with Crippen LogP contribution >= 0.6 is 0 Å². The molecule has 0 unspecified atom stereocenters. The van der Waals surface area contributed by atoms with E-state index in [-0.39, 0.29) is 31.2 Å². The summed E-state index contributed by atoms with van der Waals surface area (Å²) in [4.78, 5) is 39.5. The molecule has 9 heteroatoms. The van der Waals surface area contributed by atoms with E-state index in [1.807, 2.05) is 0 Å². The molecule has 30 heavy (non-hydrogen) atoms. The topological polar surface area (TPSA) is 118 Å². The molecular weight excluding hydrogens is 393 g/mol. The molecule has 1 aromatic carbocycles.